The van der Waals surface area contributed by atoms with E-state index in [0.717, 1.165) is 16.6 Å². The average molecular weight is 267 g/mol. The van der Waals surface area contributed by atoms with Crippen molar-refractivity contribution in [3.05, 3.63) is 28.7 Å². The lowest BCUT2D eigenvalue weighted by atomic mass is 10.0. The summed E-state index contributed by atoms with van der Waals surface area (Å²) >= 11 is 3.45. The van der Waals surface area contributed by atoms with Crippen LogP contribution in [0.3, 0.4) is 0 Å². The molecule has 0 saturated carbocycles. The Morgan fingerprint density at radius 3 is 2.67 bits per heavy atom. The molecule has 0 fully saturated rings. The number of nitriles is 1. The summed E-state index contributed by atoms with van der Waals surface area (Å²) in [4.78, 5) is 0. The third kappa shape index (κ3) is 3.24. The smallest absolute Gasteiger partial charge is 0.117 e. The molecule has 1 rings (SSSR count). The van der Waals surface area contributed by atoms with Crippen molar-refractivity contribution in [1.82, 2.24) is 0 Å². The Morgan fingerprint density at radius 1 is 1.47 bits per heavy atom. The second-order valence-corrected chi connectivity index (χ2v) is 4.47. The van der Waals surface area contributed by atoms with Crippen LogP contribution in [0, 0.1) is 17.2 Å². The molecule has 2 atom stereocenters. The van der Waals surface area contributed by atoms with Crippen molar-refractivity contribution in [3.63, 3.8) is 0 Å². The molecule has 0 aliphatic heterocycles. The fourth-order valence-electron chi connectivity index (χ4n) is 1.28. The lowest BCUT2D eigenvalue weighted by Crippen LogP contribution is -2.25. The minimum absolute atomic E-state index is 0.131. The molecule has 0 radical (unpaired) electrons. The second kappa shape index (κ2) is 5.77. The minimum atomic E-state index is -0.131. The third-order valence-corrected chi connectivity index (χ3v) is 3.23. The SMILES string of the molecule is CCC(C)C(C#N)Nc1ccccc1Br. The van der Waals surface area contributed by atoms with Crippen LogP contribution in [0.2, 0.25) is 0 Å². The number of hydrogen-bond acceptors (Lipinski definition) is 2. The van der Waals surface area contributed by atoms with Crippen LogP contribution in [0.1, 0.15) is 20.3 Å². The summed E-state index contributed by atoms with van der Waals surface area (Å²) in [6, 6.07) is 10.0. The van der Waals surface area contributed by atoms with Gasteiger partial charge in [-0.15, -0.1) is 0 Å². The monoisotopic (exact) mass is 266 g/mol. The van der Waals surface area contributed by atoms with E-state index in [1.54, 1.807) is 0 Å². The Bertz CT molecular complexity index is 357. The van der Waals surface area contributed by atoms with Crippen molar-refractivity contribution < 1.29 is 0 Å². The Hall–Kier alpha value is -1.01. The van der Waals surface area contributed by atoms with E-state index in [9.17, 15) is 0 Å². The van der Waals surface area contributed by atoms with Gasteiger partial charge in [0.05, 0.1) is 6.07 Å². The van der Waals surface area contributed by atoms with Crippen molar-refractivity contribution in [3.8, 4) is 6.07 Å². The van der Waals surface area contributed by atoms with Crippen molar-refractivity contribution in [1.29, 1.82) is 5.26 Å². The molecular weight excluding hydrogens is 252 g/mol. The van der Waals surface area contributed by atoms with Crippen LogP contribution in [0.25, 0.3) is 0 Å². The van der Waals surface area contributed by atoms with Gasteiger partial charge in [-0.3, -0.25) is 0 Å². The summed E-state index contributed by atoms with van der Waals surface area (Å²) in [6.45, 7) is 4.18. The van der Waals surface area contributed by atoms with E-state index in [4.69, 9.17) is 5.26 Å². The summed E-state index contributed by atoms with van der Waals surface area (Å²) in [5, 5.41) is 12.3. The number of benzene rings is 1. The standard InChI is InChI=1S/C12H15BrN2/c1-3-9(2)12(8-14)15-11-7-5-4-6-10(11)13/h4-7,9,12,15H,3H2,1-2H3. The number of anilines is 1. The first-order valence-electron chi connectivity index (χ1n) is 5.09. The largest absolute Gasteiger partial charge is 0.369 e. The summed E-state index contributed by atoms with van der Waals surface area (Å²) < 4.78 is 0.994. The van der Waals surface area contributed by atoms with E-state index < -0.39 is 0 Å². The van der Waals surface area contributed by atoms with Crippen LogP contribution >= 0.6 is 15.9 Å². The van der Waals surface area contributed by atoms with Gasteiger partial charge in [0.15, 0.2) is 0 Å². The quantitative estimate of drug-likeness (QED) is 0.900. The molecule has 1 aromatic rings. The van der Waals surface area contributed by atoms with E-state index in [1.165, 1.54) is 0 Å². The van der Waals surface area contributed by atoms with Crippen LogP contribution in [-0.2, 0) is 0 Å². The number of hydrogen-bond donors (Lipinski definition) is 1. The molecule has 0 spiro atoms. The van der Waals surface area contributed by atoms with Gasteiger partial charge in [0, 0.05) is 10.2 Å². The average Bonchev–Trinajstić information content (AvgIpc) is 2.27. The first-order chi connectivity index (χ1) is 7.19. The fraction of sp³-hybridized carbons (Fsp3) is 0.417. The summed E-state index contributed by atoms with van der Waals surface area (Å²) in [6.07, 6.45) is 0.996. The maximum absolute atomic E-state index is 9.05. The molecule has 0 aromatic heterocycles. The zero-order chi connectivity index (χ0) is 11.3. The van der Waals surface area contributed by atoms with Gasteiger partial charge < -0.3 is 5.32 Å². The molecule has 0 aliphatic rings. The maximum atomic E-state index is 9.05. The first kappa shape index (κ1) is 12.1. The van der Waals surface area contributed by atoms with Gasteiger partial charge >= 0.3 is 0 Å². The molecule has 1 N–H and O–H groups in total. The van der Waals surface area contributed by atoms with E-state index >= 15 is 0 Å². The number of halogens is 1. The van der Waals surface area contributed by atoms with Crippen LogP contribution in [-0.4, -0.2) is 6.04 Å². The molecule has 2 unspecified atom stereocenters. The van der Waals surface area contributed by atoms with Gasteiger partial charge in [0.1, 0.15) is 6.04 Å². The van der Waals surface area contributed by atoms with Crippen molar-refractivity contribution in [2.24, 2.45) is 5.92 Å². The third-order valence-electron chi connectivity index (χ3n) is 2.54. The highest BCUT2D eigenvalue weighted by atomic mass is 79.9. The van der Waals surface area contributed by atoms with E-state index in [1.807, 2.05) is 24.3 Å². The highest BCUT2D eigenvalue weighted by Gasteiger charge is 2.15. The number of nitrogens with one attached hydrogen (secondary N) is 1. The number of para-hydroxylation sites is 1. The first-order valence-corrected chi connectivity index (χ1v) is 5.89. The Balaban J connectivity index is 2.76. The fourth-order valence-corrected chi connectivity index (χ4v) is 1.68. The van der Waals surface area contributed by atoms with Gasteiger partial charge in [0.25, 0.3) is 0 Å². The molecule has 2 nitrogen and oxygen atoms in total. The van der Waals surface area contributed by atoms with Gasteiger partial charge in [-0.2, -0.15) is 5.26 Å². The molecule has 80 valence electrons. The highest BCUT2D eigenvalue weighted by Crippen LogP contribution is 2.23. The summed E-state index contributed by atoms with van der Waals surface area (Å²) in [5.41, 5.74) is 0.976. The lowest BCUT2D eigenvalue weighted by Gasteiger charge is -2.19. The second-order valence-electron chi connectivity index (χ2n) is 3.62. The van der Waals surface area contributed by atoms with Gasteiger partial charge in [-0.1, -0.05) is 32.4 Å². The van der Waals surface area contributed by atoms with Crippen LogP contribution < -0.4 is 5.32 Å². The molecular formula is C12H15BrN2. The zero-order valence-corrected chi connectivity index (χ0v) is 10.6. The number of nitrogens with zero attached hydrogens (tertiary/aromatic N) is 1. The summed E-state index contributed by atoms with van der Waals surface area (Å²) in [7, 11) is 0. The molecule has 0 heterocycles. The predicted octanol–water partition coefficient (Wildman–Crippen LogP) is 3.80. The topological polar surface area (TPSA) is 35.8 Å². The van der Waals surface area contributed by atoms with Crippen LogP contribution in [0.15, 0.2) is 28.7 Å². The Morgan fingerprint density at radius 2 is 2.13 bits per heavy atom. The predicted molar refractivity (Wildman–Crippen MR) is 66.6 cm³/mol. The highest BCUT2D eigenvalue weighted by molar-refractivity contribution is 9.10. The molecule has 15 heavy (non-hydrogen) atoms. The molecule has 0 aliphatic carbocycles. The summed E-state index contributed by atoms with van der Waals surface area (Å²) in [5.74, 6) is 0.349. The minimum Gasteiger partial charge on any atom is -0.369 e. The normalized spacial score (nSPS) is 14.0. The van der Waals surface area contributed by atoms with Crippen molar-refractivity contribution in [2.75, 3.05) is 5.32 Å². The van der Waals surface area contributed by atoms with E-state index in [0.29, 0.717) is 5.92 Å². The van der Waals surface area contributed by atoms with Gasteiger partial charge in [-0.05, 0) is 34.0 Å². The molecule has 0 bridgehead atoms. The molecule has 1 aromatic carbocycles. The molecule has 0 saturated heterocycles. The van der Waals surface area contributed by atoms with Crippen LogP contribution in [0.4, 0.5) is 5.69 Å². The van der Waals surface area contributed by atoms with Crippen molar-refractivity contribution in [2.45, 2.75) is 26.3 Å². The Kier molecular flexibility index (Phi) is 4.64. The molecule has 0 amide bonds. The van der Waals surface area contributed by atoms with Crippen LogP contribution in [0.5, 0.6) is 0 Å². The zero-order valence-electron chi connectivity index (χ0n) is 9.00. The number of rotatable bonds is 4. The van der Waals surface area contributed by atoms with Crippen molar-refractivity contribution >= 4 is 21.6 Å². The van der Waals surface area contributed by atoms with E-state index in [2.05, 4.69) is 41.2 Å². The van der Waals surface area contributed by atoms with Gasteiger partial charge in [0.2, 0.25) is 0 Å². The molecule has 3 heteroatoms. The lowest BCUT2D eigenvalue weighted by molar-refractivity contribution is 0.533. The Labute approximate surface area is 99.4 Å². The van der Waals surface area contributed by atoms with E-state index in [-0.39, 0.29) is 6.04 Å². The maximum Gasteiger partial charge on any atom is 0.117 e. The van der Waals surface area contributed by atoms with Gasteiger partial charge in [-0.25, -0.2) is 0 Å².